The van der Waals surface area contributed by atoms with Crippen LogP contribution < -0.4 is 0 Å². The molecule has 3 aromatic carbocycles. The van der Waals surface area contributed by atoms with Crippen LogP contribution in [0.1, 0.15) is 25.6 Å². The lowest BCUT2D eigenvalue weighted by atomic mass is 10.0. The standard InChI is InChI=1S/C23H18N2S/c1-14(2)23-24-19-9-5-3-8-17(19)22(25-23)15-11-12-21-18(13-15)16-7-4-6-10-20(16)26-21/h3-14H,1-2H3. The van der Waals surface area contributed by atoms with Gasteiger partial charge in [-0.25, -0.2) is 9.97 Å². The molecule has 3 heteroatoms. The average Bonchev–Trinajstić information content (AvgIpc) is 3.05. The molecule has 2 heterocycles. The Hall–Kier alpha value is -2.78. The molecule has 2 aromatic heterocycles. The van der Waals surface area contributed by atoms with Crippen molar-refractivity contribution in [2.75, 3.05) is 0 Å². The molecule has 26 heavy (non-hydrogen) atoms. The van der Waals surface area contributed by atoms with E-state index in [1.54, 1.807) is 0 Å². The Labute approximate surface area is 156 Å². The highest BCUT2D eigenvalue weighted by Gasteiger charge is 2.13. The SMILES string of the molecule is CC(C)c1nc(-c2ccc3sc4ccccc4c3c2)c2ccccc2n1. The lowest BCUT2D eigenvalue weighted by Crippen LogP contribution is -2.00. The molecule has 0 aliphatic carbocycles. The van der Waals surface area contributed by atoms with E-state index in [2.05, 4.69) is 74.5 Å². The van der Waals surface area contributed by atoms with Crippen molar-refractivity contribution >= 4 is 42.4 Å². The van der Waals surface area contributed by atoms with E-state index in [4.69, 9.17) is 9.97 Å². The van der Waals surface area contributed by atoms with E-state index in [0.29, 0.717) is 5.92 Å². The zero-order valence-electron chi connectivity index (χ0n) is 14.7. The third kappa shape index (κ3) is 2.39. The maximum absolute atomic E-state index is 4.93. The number of para-hydroxylation sites is 1. The largest absolute Gasteiger partial charge is 0.233 e. The van der Waals surface area contributed by atoms with Gasteiger partial charge in [-0.2, -0.15) is 0 Å². The van der Waals surface area contributed by atoms with Crippen LogP contribution in [-0.4, -0.2) is 9.97 Å². The molecule has 0 radical (unpaired) electrons. The summed E-state index contributed by atoms with van der Waals surface area (Å²) in [6, 6.07) is 23.6. The van der Waals surface area contributed by atoms with Crippen molar-refractivity contribution in [1.29, 1.82) is 0 Å². The predicted molar refractivity (Wildman–Crippen MR) is 112 cm³/mol. The summed E-state index contributed by atoms with van der Waals surface area (Å²) >= 11 is 1.84. The van der Waals surface area contributed by atoms with Crippen molar-refractivity contribution < 1.29 is 0 Å². The summed E-state index contributed by atoms with van der Waals surface area (Å²) in [4.78, 5) is 9.69. The molecule has 0 unspecified atom stereocenters. The summed E-state index contributed by atoms with van der Waals surface area (Å²) in [7, 11) is 0. The number of hydrogen-bond acceptors (Lipinski definition) is 3. The fourth-order valence-corrected chi connectivity index (χ4v) is 4.53. The van der Waals surface area contributed by atoms with Gasteiger partial charge >= 0.3 is 0 Å². The van der Waals surface area contributed by atoms with Gasteiger partial charge in [0, 0.05) is 37.0 Å². The van der Waals surface area contributed by atoms with E-state index in [1.165, 1.54) is 20.2 Å². The summed E-state index contributed by atoms with van der Waals surface area (Å²) in [5.41, 5.74) is 3.19. The van der Waals surface area contributed by atoms with Crippen LogP contribution in [0.25, 0.3) is 42.3 Å². The van der Waals surface area contributed by atoms with Crippen molar-refractivity contribution in [1.82, 2.24) is 9.97 Å². The smallest absolute Gasteiger partial charge is 0.132 e. The fourth-order valence-electron chi connectivity index (χ4n) is 3.45. The molecule has 0 fully saturated rings. The molecule has 0 spiro atoms. The second-order valence-corrected chi connectivity index (χ2v) is 8.00. The highest BCUT2D eigenvalue weighted by molar-refractivity contribution is 7.25. The van der Waals surface area contributed by atoms with Gasteiger partial charge in [0.05, 0.1) is 11.2 Å². The number of nitrogens with zero attached hydrogens (tertiary/aromatic N) is 2. The first-order chi connectivity index (χ1) is 12.7. The lowest BCUT2D eigenvalue weighted by Gasteiger charge is -2.11. The van der Waals surface area contributed by atoms with Gasteiger partial charge in [0.25, 0.3) is 0 Å². The number of benzene rings is 3. The van der Waals surface area contributed by atoms with Crippen LogP contribution in [0.3, 0.4) is 0 Å². The van der Waals surface area contributed by atoms with Crippen LogP contribution in [0.15, 0.2) is 66.7 Å². The lowest BCUT2D eigenvalue weighted by molar-refractivity contribution is 0.784. The number of thiophene rings is 1. The zero-order valence-corrected chi connectivity index (χ0v) is 15.5. The van der Waals surface area contributed by atoms with Crippen molar-refractivity contribution in [2.45, 2.75) is 19.8 Å². The Morgan fingerprint density at radius 3 is 2.31 bits per heavy atom. The number of hydrogen-bond donors (Lipinski definition) is 0. The number of fused-ring (bicyclic) bond motifs is 4. The van der Waals surface area contributed by atoms with Gasteiger partial charge in [-0.3, -0.25) is 0 Å². The topological polar surface area (TPSA) is 25.8 Å². The Morgan fingerprint density at radius 1 is 0.731 bits per heavy atom. The minimum Gasteiger partial charge on any atom is -0.233 e. The van der Waals surface area contributed by atoms with Crippen molar-refractivity contribution in [3.63, 3.8) is 0 Å². The highest BCUT2D eigenvalue weighted by atomic mass is 32.1. The second-order valence-electron chi connectivity index (χ2n) is 6.91. The van der Waals surface area contributed by atoms with E-state index < -0.39 is 0 Å². The van der Waals surface area contributed by atoms with E-state index in [-0.39, 0.29) is 0 Å². The number of aromatic nitrogens is 2. The molecule has 0 N–H and O–H groups in total. The summed E-state index contributed by atoms with van der Waals surface area (Å²) in [5, 5.41) is 3.73. The predicted octanol–water partition coefficient (Wildman–Crippen LogP) is 6.79. The number of rotatable bonds is 2. The van der Waals surface area contributed by atoms with Gasteiger partial charge in [0.1, 0.15) is 5.82 Å². The monoisotopic (exact) mass is 354 g/mol. The molecule has 0 aliphatic rings. The third-order valence-corrected chi connectivity index (χ3v) is 5.94. The van der Waals surface area contributed by atoms with E-state index in [9.17, 15) is 0 Å². The molecule has 5 rings (SSSR count). The maximum Gasteiger partial charge on any atom is 0.132 e. The molecular weight excluding hydrogens is 336 g/mol. The molecular formula is C23H18N2S. The summed E-state index contributed by atoms with van der Waals surface area (Å²) < 4.78 is 2.65. The molecule has 5 aromatic rings. The quantitative estimate of drug-likeness (QED) is 0.349. The van der Waals surface area contributed by atoms with Crippen LogP contribution in [-0.2, 0) is 0 Å². The van der Waals surface area contributed by atoms with Crippen LogP contribution in [0.5, 0.6) is 0 Å². The normalized spacial score (nSPS) is 11.8. The Bertz CT molecular complexity index is 1270. The first kappa shape index (κ1) is 15.5. The Kier molecular flexibility index (Phi) is 3.50. The van der Waals surface area contributed by atoms with Crippen molar-refractivity contribution in [2.24, 2.45) is 0 Å². The maximum atomic E-state index is 4.93. The molecule has 0 amide bonds. The second kappa shape index (κ2) is 5.89. The van der Waals surface area contributed by atoms with Crippen molar-refractivity contribution in [3.05, 3.63) is 72.6 Å². The van der Waals surface area contributed by atoms with Gasteiger partial charge < -0.3 is 0 Å². The average molecular weight is 354 g/mol. The molecule has 126 valence electrons. The van der Waals surface area contributed by atoms with E-state index in [0.717, 1.165) is 28.0 Å². The van der Waals surface area contributed by atoms with E-state index in [1.807, 2.05) is 17.4 Å². The van der Waals surface area contributed by atoms with Gasteiger partial charge in [0.2, 0.25) is 0 Å². The zero-order chi connectivity index (χ0) is 17.7. The van der Waals surface area contributed by atoms with Gasteiger partial charge in [-0.1, -0.05) is 56.3 Å². The van der Waals surface area contributed by atoms with Gasteiger partial charge in [0.15, 0.2) is 0 Å². The highest BCUT2D eigenvalue weighted by Crippen LogP contribution is 2.37. The first-order valence-corrected chi connectivity index (χ1v) is 9.71. The first-order valence-electron chi connectivity index (χ1n) is 8.89. The summed E-state index contributed by atoms with van der Waals surface area (Å²) in [6.45, 7) is 4.28. The van der Waals surface area contributed by atoms with Crippen LogP contribution in [0.4, 0.5) is 0 Å². The summed E-state index contributed by atoms with van der Waals surface area (Å²) in [5.74, 6) is 1.19. The van der Waals surface area contributed by atoms with Crippen LogP contribution in [0.2, 0.25) is 0 Å². The molecule has 2 nitrogen and oxygen atoms in total. The van der Waals surface area contributed by atoms with E-state index >= 15 is 0 Å². The molecule has 0 bridgehead atoms. The minimum atomic E-state index is 0.295. The molecule has 0 saturated carbocycles. The minimum absolute atomic E-state index is 0.295. The fraction of sp³-hybridized carbons (Fsp3) is 0.130. The summed E-state index contributed by atoms with van der Waals surface area (Å²) in [6.07, 6.45) is 0. The Balaban J connectivity index is 1.83. The van der Waals surface area contributed by atoms with Gasteiger partial charge in [-0.05, 0) is 24.3 Å². The van der Waals surface area contributed by atoms with Gasteiger partial charge in [-0.15, -0.1) is 11.3 Å². The molecule has 0 saturated heterocycles. The molecule has 0 atom stereocenters. The van der Waals surface area contributed by atoms with Crippen molar-refractivity contribution in [3.8, 4) is 11.3 Å². The van der Waals surface area contributed by atoms with Crippen LogP contribution >= 0.6 is 11.3 Å². The third-order valence-electron chi connectivity index (χ3n) is 4.79. The molecule has 0 aliphatic heterocycles. The Morgan fingerprint density at radius 2 is 1.46 bits per heavy atom. The van der Waals surface area contributed by atoms with Crippen LogP contribution in [0, 0.1) is 0 Å².